The molecular weight excluding hydrogens is 366 g/mol. The van der Waals surface area contributed by atoms with Gasteiger partial charge in [0.1, 0.15) is 29.6 Å². The maximum Gasteiger partial charge on any atom is 0.349 e. The molecule has 0 fully saturated rings. The van der Waals surface area contributed by atoms with Crippen molar-refractivity contribution in [3.63, 3.8) is 0 Å². The Balaban J connectivity index is 1.92. The van der Waals surface area contributed by atoms with Gasteiger partial charge in [-0.15, -0.1) is 0 Å². The van der Waals surface area contributed by atoms with Crippen molar-refractivity contribution < 1.29 is 14.3 Å². The second kappa shape index (κ2) is 9.07. The van der Waals surface area contributed by atoms with Gasteiger partial charge in [0.15, 0.2) is 0 Å². The topological polar surface area (TPSA) is 76.6 Å². The molecule has 148 valence electrons. The number of hydrogen-bond acceptors (Lipinski definition) is 5. The molecule has 0 atom stereocenters. The van der Waals surface area contributed by atoms with Gasteiger partial charge in [0.05, 0.1) is 6.61 Å². The number of hydrogen-bond donors (Lipinski definition) is 0. The summed E-state index contributed by atoms with van der Waals surface area (Å²) in [7, 11) is 0. The Labute approximate surface area is 170 Å². The highest BCUT2D eigenvalue weighted by Crippen LogP contribution is 2.24. The molecular formula is C23H23N3O3. The van der Waals surface area contributed by atoms with Crippen LogP contribution in [0.5, 0.6) is 5.88 Å². The van der Waals surface area contributed by atoms with Crippen LogP contribution in [0.3, 0.4) is 0 Å². The number of aromatic nitrogens is 2. The van der Waals surface area contributed by atoms with Crippen molar-refractivity contribution in [3.8, 4) is 11.9 Å². The third kappa shape index (κ3) is 5.02. The fourth-order valence-corrected chi connectivity index (χ4v) is 2.71. The molecule has 0 spiro atoms. The summed E-state index contributed by atoms with van der Waals surface area (Å²) >= 11 is 0. The molecule has 3 aromatic rings. The van der Waals surface area contributed by atoms with Crippen molar-refractivity contribution in [2.45, 2.75) is 27.4 Å². The Morgan fingerprint density at radius 1 is 1.24 bits per heavy atom. The maximum absolute atomic E-state index is 12.5. The Morgan fingerprint density at radius 2 is 2.00 bits per heavy atom. The Kier molecular flexibility index (Phi) is 6.30. The van der Waals surface area contributed by atoms with E-state index in [1.807, 2.05) is 79.9 Å². The van der Waals surface area contributed by atoms with Crippen molar-refractivity contribution in [2.24, 2.45) is 5.92 Å². The molecule has 0 N–H and O–H groups in total. The summed E-state index contributed by atoms with van der Waals surface area (Å²) in [6.45, 7) is 6.61. The first-order valence-corrected chi connectivity index (χ1v) is 9.42. The first-order valence-electron chi connectivity index (χ1n) is 9.42. The second-order valence-electron chi connectivity index (χ2n) is 7.17. The first-order chi connectivity index (χ1) is 14.0. The SMILES string of the molecule is Cc1ccc2nc(OCC(C)C)c(/C=C(/C#N)C(=O)OCc3ccccc3)n2c1. The number of nitriles is 1. The molecule has 0 unspecified atom stereocenters. The van der Waals surface area contributed by atoms with Crippen LogP contribution in [0.2, 0.25) is 0 Å². The van der Waals surface area contributed by atoms with E-state index in [0.717, 1.165) is 11.1 Å². The number of imidazole rings is 1. The van der Waals surface area contributed by atoms with E-state index >= 15 is 0 Å². The molecule has 1 aromatic carbocycles. The number of fused-ring (bicyclic) bond motifs is 1. The lowest BCUT2D eigenvalue weighted by atomic mass is 10.2. The lowest BCUT2D eigenvalue weighted by Gasteiger charge is -2.08. The van der Waals surface area contributed by atoms with Gasteiger partial charge in [0.25, 0.3) is 0 Å². The molecule has 29 heavy (non-hydrogen) atoms. The van der Waals surface area contributed by atoms with Gasteiger partial charge in [-0.2, -0.15) is 10.2 Å². The summed E-state index contributed by atoms with van der Waals surface area (Å²) < 4.78 is 13.0. The van der Waals surface area contributed by atoms with E-state index in [2.05, 4.69) is 4.98 Å². The Hall–Kier alpha value is -3.59. The average Bonchev–Trinajstić information content (AvgIpc) is 3.05. The van der Waals surface area contributed by atoms with Crippen LogP contribution in [0.25, 0.3) is 11.7 Å². The Bertz CT molecular complexity index is 1080. The summed E-state index contributed by atoms with van der Waals surface area (Å²) in [5.74, 6) is 0.00586. The van der Waals surface area contributed by atoms with Gasteiger partial charge < -0.3 is 9.47 Å². The van der Waals surface area contributed by atoms with Crippen LogP contribution in [0, 0.1) is 24.2 Å². The van der Waals surface area contributed by atoms with E-state index in [1.54, 1.807) is 0 Å². The van der Waals surface area contributed by atoms with E-state index in [1.165, 1.54) is 6.08 Å². The quantitative estimate of drug-likeness (QED) is 0.341. The van der Waals surface area contributed by atoms with E-state index in [-0.39, 0.29) is 12.2 Å². The first kappa shape index (κ1) is 20.2. The lowest BCUT2D eigenvalue weighted by Crippen LogP contribution is -2.08. The number of esters is 1. The van der Waals surface area contributed by atoms with Gasteiger partial charge in [0.2, 0.25) is 5.88 Å². The molecule has 0 aliphatic heterocycles. The zero-order chi connectivity index (χ0) is 20.8. The van der Waals surface area contributed by atoms with Crippen LogP contribution >= 0.6 is 0 Å². The van der Waals surface area contributed by atoms with Crippen LogP contribution in [0.4, 0.5) is 0 Å². The molecule has 6 heteroatoms. The third-order valence-electron chi connectivity index (χ3n) is 4.16. The Morgan fingerprint density at radius 3 is 2.69 bits per heavy atom. The van der Waals surface area contributed by atoms with Crippen LogP contribution in [0.15, 0.2) is 54.2 Å². The number of carbonyl (C=O) groups is 1. The molecule has 0 radical (unpaired) electrons. The highest BCUT2D eigenvalue weighted by molar-refractivity contribution is 5.98. The van der Waals surface area contributed by atoms with Crippen molar-refractivity contribution in [1.82, 2.24) is 9.38 Å². The largest absolute Gasteiger partial charge is 0.476 e. The summed E-state index contributed by atoms with van der Waals surface area (Å²) in [5, 5.41) is 9.54. The van der Waals surface area contributed by atoms with Crippen molar-refractivity contribution in [1.29, 1.82) is 5.26 Å². The number of ether oxygens (including phenoxy) is 2. The summed E-state index contributed by atoms with van der Waals surface area (Å²) in [5.41, 5.74) is 2.97. The molecule has 0 aliphatic carbocycles. The normalized spacial score (nSPS) is 11.5. The molecule has 2 heterocycles. The van der Waals surface area contributed by atoms with E-state index in [9.17, 15) is 10.1 Å². The van der Waals surface area contributed by atoms with E-state index in [4.69, 9.17) is 9.47 Å². The van der Waals surface area contributed by atoms with Gasteiger partial charge in [-0.25, -0.2) is 4.79 Å². The average molecular weight is 389 g/mol. The zero-order valence-corrected chi connectivity index (χ0v) is 16.8. The monoisotopic (exact) mass is 389 g/mol. The standard InChI is InChI=1S/C23H23N3O3/c1-16(2)14-28-22-20(26-13-17(3)9-10-21(26)25-22)11-19(12-24)23(27)29-15-18-7-5-4-6-8-18/h4-11,13,16H,14-15H2,1-3H3/b19-11-. The third-order valence-corrected chi connectivity index (χ3v) is 4.16. The lowest BCUT2D eigenvalue weighted by molar-refractivity contribution is -0.139. The summed E-state index contributed by atoms with van der Waals surface area (Å²) in [4.78, 5) is 17.0. The van der Waals surface area contributed by atoms with Crippen LogP contribution < -0.4 is 4.74 Å². The van der Waals surface area contributed by atoms with Gasteiger partial charge in [-0.3, -0.25) is 4.40 Å². The smallest absolute Gasteiger partial charge is 0.349 e. The molecule has 0 aliphatic rings. The number of benzene rings is 1. The molecule has 0 saturated carbocycles. The zero-order valence-electron chi connectivity index (χ0n) is 16.8. The molecule has 2 aromatic heterocycles. The molecule has 6 nitrogen and oxygen atoms in total. The van der Waals surface area contributed by atoms with Crippen LogP contribution in [0.1, 0.15) is 30.7 Å². The number of pyridine rings is 1. The summed E-state index contributed by atoms with van der Waals surface area (Å²) in [6, 6.07) is 15.1. The maximum atomic E-state index is 12.5. The second-order valence-corrected chi connectivity index (χ2v) is 7.17. The molecule has 0 saturated heterocycles. The minimum atomic E-state index is -0.686. The number of aryl methyl sites for hydroxylation is 1. The van der Waals surface area contributed by atoms with Gasteiger partial charge in [-0.05, 0) is 36.1 Å². The number of nitrogens with zero attached hydrogens (tertiary/aromatic N) is 3. The van der Waals surface area contributed by atoms with Crippen molar-refractivity contribution in [2.75, 3.05) is 6.61 Å². The van der Waals surface area contributed by atoms with Gasteiger partial charge in [-0.1, -0.05) is 50.2 Å². The number of rotatable bonds is 7. The van der Waals surface area contributed by atoms with E-state index in [0.29, 0.717) is 29.7 Å². The predicted molar refractivity (Wildman–Crippen MR) is 110 cm³/mol. The van der Waals surface area contributed by atoms with Crippen LogP contribution in [-0.2, 0) is 16.1 Å². The van der Waals surface area contributed by atoms with E-state index < -0.39 is 5.97 Å². The van der Waals surface area contributed by atoms with Gasteiger partial charge in [0, 0.05) is 6.20 Å². The minimum absolute atomic E-state index is 0.0989. The summed E-state index contributed by atoms with van der Waals surface area (Å²) in [6.07, 6.45) is 3.36. The molecule has 0 bridgehead atoms. The van der Waals surface area contributed by atoms with Gasteiger partial charge >= 0.3 is 5.97 Å². The molecule has 3 rings (SSSR count). The highest BCUT2D eigenvalue weighted by Gasteiger charge is 2.17. The highest BCUT2D eigenvalue weighted by atomic mass is 16.5. The fourth-order valence-electron chi connectivity index (χ4n) is 2.71. The fraction of sp³-hybridized carbons (Fsp3) is 0.261. The van der Waals surface area contributed by atoms with Crippen LogP contribution in [-0.4, -0.2) is 22.0 Å². The van der Waals surface area contributed by atoms with Crippen molar-refractivity contribution in [3.05, 3.63) is 71.1 Å². The van der Waals surface area contributed by atoms with Crippen molar-refractivity contribution >= 4 is 17.7 Å². The minimum Gasteiger partial charge on any atom is -0.476 e. The predicted octanol–water partition coefficient (Wildman–Crippen LogP) is 4.33. The molecule has 0 amide bonds. The number of carbonyl (C=O) groups excluding carboxylic acids is 1.